The van der Waals surface area contributed by atoms with E-state index in [0.717, 1.165) is 19.6 Å². The van der Waals surface area contributed by atoms with Crippen LogP contribution in [-0.2, 0) is 0 Å². The van der Waals surface area contributed by atoms with Crippen LogP contribution < -0.4 is 5.32 Å². The monoisotopic (exact) mass is 204 g/mol. The molecule has 2 aliphatic rings. The molecular formula is C10H18F2N2. The number of nitrogens with zero attached hydrogens (tertiary/aromatic N) is 1. The van der Waals surface area contributed by atoms with E-state index in [9.17, 15) is 8.78 Å². The Hall–Kier alpha value is -0.220. The summed E-state index contributed by atoms with van der Waals surface area (Å²) in [5.41, 5.74) is -0.647. The molecule has 1 saturated heterocycles. The van der Waals surface area contributed by atoms with Crippen molar-refractivity contribution in [3.8, 4) is 0 Å². The molecule has 2 nitrogen and oxygen atoms in total. The second kappa shape index (κ2) is 3.74. The van der Waals surface area contributed by atoms with Crippen molar-refractivity contribution in [2.24, 2.45) is 5.41 Å². The molecule has 0 spiro atoms. The molecule has 4 heteroatoms. The average molecular weight is 204 g/mol. The van der Waals surface area contributed by atoms with Crippen LogP contribution in [0.5, 0.6) is 0 Å². The lowest BCUT2D eigenvalue weighted by Gasteiger charge is -2.36. The van der Waals surface area contributed by atoms with E-state index >= 15 is 0 Å². The predicted molar refractivity (Wildman–Crippen MR) is 51.6 cm³/mol. The number of alkyl halides is 2. The molecular weight excluding hydrogens is 186 g/mol. The van der Waals surface area contributed by atoms with E-state index in [-0.39, 0.29) is 0 Å². The molecule has 82 valence electrons. The number of rotatable bonds is 3. The van der Waals surface area contributed by atoms with Gasteiger partial charge in [0, 0.05) is 37.6 Å². The second-order valence-electron chi connectivity index (χ2n) is 4.69. The summed E-state index contributed by atoms with van der Waals surface area (Å²) >= 11 is 0. The third-order valence-corrected chi connectivity index (χ3v) is 3.51. The summed E-state index contributed by atoms with van der Waals surface area (Å²) in [5.74, 6) is 0. The second-order valence-corrected chi connectivity index (χ2v) is 4.69. The first kappa shape index (κ1) is 10.3. The van der Waals surface area contributed by atoms with Crippen LogP contribution in [-0.4, -0.2) is 43.5 Å². The molecule has 0 aromatic rings. The summed E-state index contributed by atoms with van der Waals surface area (Å²) in [6.07, 6.45) is -0.715. The maximum Gasteiger partial charge on any atom is 0.245 e. The smallest absolute Gasteiger partial charge is 0.245 e. The van der Waals surface area contributed by atoms with E-state index < -0.39 is 11.8 Å². The largest absolute Gasteiger partial charge is 0.314 e. The molecule has 0 amide bonds. The summed E-state index contributed by atoms with van der Waals surface area (Å²) in [5, 5.41) is 3.27. The Bertz CT molecular complexity index is 204. The first-order valence-electron chi connectivity index (χ1n) is 5.37. The summed E-state index contributed by atoms with van der Waals surface area (Å²) < 4.78 is 25.4. The van der Waals surface area contributed by atoms with Gasteiger partial charge in [-0.05, 0) is 19.8 Å². The zero-order valence-electron chi connectivity index (χ0n) is 8.60. The predicted octanol–water partition coefficient (Wildman–Crippen LogP) is 1.33. The maximum atomic E-state index is 12.7. The topological polar surface area (TPSA) is 15.3 Å². The van der Waals surface area contributed by atoms with Gasteiger partial charge in [-0.1, -0.05) is 0 Å². The molecule has 1 saturated carbocycles. The molecule has 1 N–H and O–H groups in total. The van der Waals surface area contributed by atoms with E-state index in [2.05, 4.69) is 17.1 Å². The third-order valence-electron chi connectivity index (χ3n) is 3.51. The standard InChI is InChI=1S/C10H18F2N2/c1-8-6-13-4-5-14(8)7-10(2-3-10)9(11)12/h8-9,13H,2-7H2,1H3/t8-/m1/s1. The fraction of sp³-hybridized carbons (Fsp3) is 1.00. The fourth-order valence-electron chi connectivity index (χ4n) is 2.13. The van der Waals surface area contributed by atoms with Crippen molar-refractivity contribution in [2.75, 3.05) is 26.2 Å². The third kappa shape index (κ3) is 1.91. The Kier molecular flexibility index (Phi) is 2.75. The molecule has 0 aromatic heterocycles. The first-order chi connectivity index (χ1) is 6.64. The highest BCUT2D eigenvalue weighted by molar-refractivity contribution is 4.99. The van der Waals surface area contributed by atoms with Gasteiger partial charge in [0.15, 0.2) is 0 Å². The number of piperazine rings is 1. The van der Waals surface area contributed by atoms with Crippen LogP contribution in [0.1, 0.15) is 19.8 Å². The van der Waals surface area contributed by atoms with Crippen molar-refractivity contribution in [1.82, 2.24) is 10.2 Å². The van der Waals surface area contributed by atoms with Crippen LogP contribution >= 0.6 is 0 Å². The molecule has 1 heterocycles. The van der Waals surface area contributed by atoms with E-state index in [4.69, 9.17) is 0 Å². The summed E-state index contributed by atoms with van der Waals surface area (Å²) in [6, 6.07) is 0.403. The van der Waals surface area contributed by atoms with Gasteiger partial charge in [0.05, 0.1) is 0 Å². The van der Waals surface area contributed by atoms with Gasteiger partial charge in [-0.15, -0.1) is 0 Å². The lowest BCUT2D eigenvalue weighted by Crippen LogP contribution is -2.52. The van der Waals surface area contributed by atoms with Gasteiger partial charge in [0.25, 0.3) is 0 Å². The van der Waals surface area contributed by atoms with E-state index in [1.807, 2.05) is 0 Å². The van der Waals surface area contributed by atoms with Crippen molar-refractivity contribution in [2.45, 2.75) is 32.2 Å². The van der Waals surface area contributed by atoms with Crippen molar-refractivity contribution in [3.05, 3.63) is 0 Å². The Morgan fingerprint density at radius 1 is 1.50 bits per heavy atom. The van der Waals surface area contributed by atoms with Crippen molar-refractivity contribution < 1.29 is 8.78 Å². The summed E-state index contributed by atoms with van der Waals surface area (Å²) in [7, 11) is 0. The van der Waals surface area contributed by atoms with Crippen molar-refractivity contribution >= 4 is 0 Å². The van der Waals surface area contributed by atoms with Gasteiger partial charge in [-0.2, -0.15) is 0 Å². The number of hydrogen-bond donors (Lipinski definition) is 1. The van der Waals surface area contributed by atoms with Crippen LogP contribution in [0.3, 0.4) is 0 Å². The van der Waals surface area contributed by atoms with Gasteiger partial charge < -0.3 is 5.32 Å². The molecule has 0 aromatic carbocycles. The Balaban J connectivity index is 1.89. The molecule has 1 aliphatic heterocycles. The minimum Gasteiger partial charge on any atom is -0.314 e. The average Bonchev–Trinajstić information content (AvgIpc) is 2.90. The lowest BCUT2D eigenvalue weighted by molar-refractivity contribution is 0.0230. The highest BCUT2D eigenvalue weighted by Gasteiger charge is 2.52. The van der Waals surface area contributed by atoms with E-state index in [1.54, 1.807) is 0 Å². The minimum atomic E-state index is -2.13. The van der Waals surface area contributed by atoms with Crippen LogP contribution in [0.2, 0.25) is 0 Å². The van der Waals surface area contributed by atoms with Crippen LogP contribution in [0, 0.1) is 5.41 Å². The molecule has 14 heavy (non-hydrogen) atoms. The maximum absolute atomic E-state index is 12.7. The quantitative estimate of drug-likeness (QED) is 0.746. The Morgan fingerprint density at radius 2 is 2.21 bits per heavy atom. The van der Waals surface area contributed by atoms with E-state index in [1.165, 1.54) is 0 Å². The van der Waals surface area contributed by atoms with Crippen LogP contribution in [0.4, 0.5) is 8.78 Å². The van der Waals surface area contributed by atoms with Gasteiger partial charge in [-0.25, -0.2) is 8.78 Å². The molecule has 2 fully saturated rings. The van der Waals surface area contributed by atoms with Crippen molar-refractivity contribution in [1.29, 1.82) is 0 Å². The summed E-state index contributed by atoms with van der Waals surface area (Å²) in [6.45, 7) is 5.47. The zero-order chi connectivity index (χ0) is 10.2. The molecule has 0 radical (unpaired) electrons. The Morgan fingerprint density at radius 3 is 2.71 bits per heavy atom. The minimum absolute atomic E-state index is 0.403. The van der Waals surface area contributed by atoms with Crippen molar-refractivity contribution in [3.63, 3.8) is 0 Å². The van der Waals surface area contributed by atoms with Gasteiger partial charge in [0.1, 0.15) is 0 Å². The summed E-state index contributed by atoms with van der Waals surface area (Å²) in [4.78, 5) is 2.20. The van der Waals surface area contributed by atoms with E-state index in [0.29, 0.717) is 25.4 Å². The first-order valence-corrected chi connectivity index (χ1v) is 5.37. The SMILES string of the molecule is C[C@@H]1CNCCN1CC1(C(F)F)CC1. The molecule has 1 aliphatic carbocycles. The van der Waals surface area contributed by atoms with Crippen LogP contribution in [0.15, 0.2) is 0 Å². The lowest BCUT2D eigenvalue weighted by atomic mass is 10.1. The van der Waals surface area contributed by atoms with Crippen LogP contribution in [0.25, 0.3) is 0 Å². The molecule has 1 atom stereocenters. The number of hydrogen-bond acceptors (Lipinski definition) is 2. The molecule has 0 unspecified atom stereocenters. The van der Waals surface area contributed by atoms with Gasteiger partial charge in [-0.3, -0.25) is 4.90 Å². The fourth-order valence-corrected chi connectivity index (χ4v) is 2.13. The normalized spacial score (nSPS) is 32.1. The number of nitrogens with one attached hydrogen (secondary N) is 1. The van der Waals surface area contributed by atoms with Gasteiger partial charge in [0.2, 0.25) is 6.43 Å². The zero-order valence-corrected chi connectivity index (χ0v) is 8.60. The molecule has 2 rings (SSSR count). The molecule has 0 bridgehead atoms. The number of halogens is 2. The highest BCUT2D eigenvalue weighted by Crippen LogP contribution is 2.51. The Labute approximate surface area is 83.7 Å². The van der Waals surface area contributed by atoms with Gasteiger partial charge >= 0.3 is 0 Å². The highest BCUT2D eigenvalue weighted by atomic mass is 19.3.